The fraction of sp³-hybridized carbons (Fsp3) is 0.273. The summed E-state index contributed by atoms with van der Waals surface area (Å²) in [6, 6.07) is 0. The molecule has 2 rings (SSSR count). The summed E-state index contributed by atoms with van der Waals surface area (Å²) in [4.78, 5) is 24.0. The molecule has 0 spiro atoms. The van der Waals surface area contributed by atoms with Gasteiger partial charge in [-0.25, -0.2) is 9.97 Å². The van der Waals surface area contributed by atoms with Gasteiger partial charge in [-0.1, -0.05) is 6.92 Å². The van der Waals surface area contributed by atoms with E-state index in [4.69, 9.17) is 0 Å². The van der Waals surface area contributed by atoms with Crippen LogP contribution >= 0.6 is 11.3 Å². The van der Waals surface area contributed by atoms with Gasteiger partial charge in [0.2, 0.25) is 0 Å². The van der Waals surface area contributed by atoms with Crippen LogP contribution in [0, 0.1) is 0 Å². The first-order valence-corrected chi connectivity index (χ1v) is 6.44. The van der Waals surface area contributed by atoms with Crippen LogP contribution in [0.5, 0.6) is 0 Å². The van der Waals surface area contributed by atoms with Gasteiger partial charge in [-0.3, -0.25) is 15.1 Å². The summed E-state index contributed by atoms with van der Waals surface area (Å²) < 4.78 is 0. The van der Waals surface area contributed by atoms with Crippen molar-refractivity contribution in [2.45, 2.75) is 13.3 Å². The highest BCUT2D eigenvalue weighted by molar-refractivity contribution is 7.13. The van der Waals surface area contributed by atoms with Crippen molar-refractivity contribution in [1.29, 1.82) is 0 Å². The van der Waals surface area contributed by atoms with Crippen molar-refractivity contribution < 1.29 is 4.79 Å². The topological polar surface area (TPSA) is 79.8 Å². The zero-order valence-corrected chi connectivity index (χ0v) is 10.7. The van der Waals surface area contributed by atoms with Crippen molar-refractivity contribution in [3.8, 4) is 0 Å². The van der Waals surface area contributed by atoms with Crippen LogP contribution in [0.25, 0.3) is 0 Å². The molecule has 0 unspecified atom stereocenters. The molecule has 94 valence electrons. The van der Waals surface area contributed by atoms with Crippen LogP contribution in [0.3, 0.4) is 0 Å². The van der Waals surface area contributed by atoms with E-state index in [2.05, 4.69) is 32.5 Å². The number of nitrogens with one attached hydrogen (secondary N) is 2. The van der Waals surface area contributed by atoms with Crippen LogP contribution in [0.15, 0.2) is 24.0 Å². The predicted octanol–water partition coefficient (Wildman–Crippen LogP) is 2.01. The van der Waals surface area contributed by atoms with Crippen molar-refractivity contribution in [3.63, 3.8) is 0 Å². The molecule has 0 radical (unpaired) electrons. The summed E-state index contributed by atoms with van der Waals surface area (Å²) in [5.74, 6) is 0.293. The molecule has 0 aromatic carbocycles. The van der Waals surface area contributed by atoms with Crippen molar-refractivity contribution in [3.05, 3.63) is 29.7 Å². The Bertz CT molecular complexity index is 514. The van der Waals surface area contributed by atoms with Crippen molar-refractivity contribution >= 4 is 28.2 Å². The van der Waals surface area contributed by atoms with E-state index in [1.807, 2.05) is 0 Å². The third-order valence-electron chi connectivity index (χ3n) is 2.08. The van der Waals surface area contributed by atoms with Crippen molar-refractivity contribution in [2.24, 2.45) is 0 Å². The first kappa shape index (κ1) is 12.4. The Morgan fingerprint density at radius 3 is 3.06 bits per heavy atom. The van der Waals surface area contributed by atoms with Gasteiger partial charge in [0, 0.05) is 18.1 Å². The van der Waals surface area contributed by atoms with Crippen LogP contribution in [0.2, 0.25) is 0 Å². The smallest absolute Gasteiger partial charge is 0.277 e. The van der Waals surface area contributed by atoms with E-state index >= 15 is 0 Å². The average molecular weight is 263 g/mol. The van der Waals surface area contributed by atoms with E-state index in [0.717, 1.165) is 13.0 Å². The van der Waals surface area contributed by atoms with Gasteiger partial charge in [0.25, 0.3) is 5.91 Å². The maximum Gasteiger partial charge on any atom is 0.277 e. The van der Waals surface area contributed by atoms with E-state index < -0.39 is 0 Å². The Hall–Kier alpha value is -2.02. The lowest BCUT2D eigenvalue weighted by Gasteiger charge is -2.05. The third kappa shape index (κ3) is 3.24. The minimum atomic E-state index is -0.308. The number of nitrogens with zero attached hydrogens (tertiary/aromatic N) is 3. The van der Waals surface area contributed by atoms with E-state index in [9.17, 15) is 4.79 Å². The molecule has 0 saturated heterocycles. The second-order valence-corrected chi connectivity index (χ2v) is 4.40. The first-order chi connectivity index (χ1) is 8.79. The molecule has 2 aromatic heterocycles. The van der Waals surface area contributed by atoms with Gasteiger partial charge in [-0.15, -0.1) is 11.3 Å². The summed E-state index contributed by atoms with van der Waals surface area (Å²) >= 11 is 1.36. The monoisotopic (exact) mass is 263 g/mol. The minimum absolute atomic E-state index is 0.270. The molecule has 1 amide bonds. The summed E-state index contributed by atoms with van der Waals surface area (Å²) in [6.45, 7) is 2.85. The largest absolute Gasteiger partial charge is 0.369 e. The van der Waals surface area contributed by atoms with Crippen molar-refractivity contribution in [1.82, 2.24) is 15.0 Å². The molecule has 0 aliphatic carbocycles. The lowest BCUT2D eigenvalue weighted by Crippen LogP contribution is -2.15. The van der Waals surface area contributed by atoms with Crippen LogP contribution < -0.4 is 10.6 Å². The highest BCUT2D eigenvalue weighted by Crippen LogP contribution is 2.12. The Balaban J connectivity index is 2.05. The second-order valence-electron chi connectivity index (χ2n) is 3.51. The number of hydrogen-bond donors (Lipinski definition) is 2. The number of aromatic nitrogens is 3. The highest BCUT2D eigenvalue weighted by atomic mass is 32.1. The van der Waals surface area contributed by atoms with Gasteiger partial charge in [-0.05, 0) is 6.42 Å². The molecule has 2 aromatic rings. The first-order valence-electron chi connectivity index (χ1n) is 5.56. The lowest BCUT2D eigenvalue weighted by atomic mass is 10.4. The Labute approximate surface area is 109 Å². The molecule has 7 heteroatoms. The van der Waals surface area contributed by atoms with E-state index in [1.54, 1.807) is 17.8 Å². The molecule has 0 atom stereocenters. The van der Waals surface area contributed by atoms with Gasteiger partial charge < -0.3 is 5.32 Å². The van der Waals surface area contributed by atoms with Gasteiger partial charge in [0.1, 0.15) is 11.5 Å². The number of amides is 1. The molecule has 2 heterocycles. The molecule has 6 nitrogen and oxygen atoms in total. The maximum absolute atomic E-state index is 11.9. The highest BCUT2D eigenvalue weighted by Gasteiger charge is 2.10. The molecule has 0 aliphatic heterocycles. The zero-order chi connectivity index (χ0) is 12.8. The van der Waals surface area contributed by atoms with Gasteiger partial charge in [-0.2, -0.15) is 0 Å². The van der Waals surface area contributed by atoms with Crippen LogP contribution in [-0.2, 0) is 0 Å². The van der Waals surface area contributed by atoms with Gasteiger partial charge >= 0.3 is 0 Å². The molecular weight excluding hydrogens is 250 g/mol. The second kappa shape index (κ2) is 6.06. The van der Waals surface area contributed by atoms with Crippen molar-refractivity contribution in [2.75, 3.05) is 17.2 Å². The van der Waals surface area contributed by atoms with Crippen LogP contribution in [0.4, 0.5) is 10.9 Å². The third-order valence-corrected chi connectivity index (χ3v) is 2.76. The molecular formula is C11H13N5OS. The average Bonchev–Trinajstić information content (AvgIpc) is 2.89. The fourth-order valence-corrected chi connectivity index (χ4v) is 1.78. The Kier molecular flexibility index (Phi) is 4.19. The molecule has 0 fully saturated rings. The molecule has 0 bridgehead atoms. The van der Waals surface area contributed by atoms with Gasteiger partial charge in [0.15, 0.2) is 5.13 Å². The summed E-state index contributed by atoms with van der Waals surface area (Å²) in [5, 5.41) is 8.08. The maximum atomic E-state index is 11.9. The number of thiazole rings is 1. The standard InChI is InChI=1S/C11H13N5OS/c1-2-3-13-9-7-12-6-8(15-9)10(17)16-11-14-4-5-18-11/h4-7H,2-3H2,1H3,(H,13,15)(H,14,16,17). The summed E-state index contributed by atoms with van der Waals surface area (Å²) in [5.41, 5.74) is 0.270. The number of carbonyl (C=O) groups excluding carboxylic acids is 1. The van der Waals surface area contributed by atoms with Crippen LogP contribution in [0.1, 0.15) is 23.8 Å². The normalized spacial score (nSPS) is 10.1. The number of carbonyl (C=O) groups is 1. The summed E-state index contributed by atoms with van der Waals surface area (Å²) in [6.07, 6.45) is 5.64. The molecule has 0 saturated carbocycles. The minimum Gasteiger partial charge on any atom is -0.369 e. The van der Waals surface area contributed by atoms with E-state index in [1.165, 1.54) is 17.5 Å². The van der Waals surface area contributed by atoms with Crippen LogP contribution in [-0.4, -0.2) is 27.4 Å². The fourth-order valence-electron chi connectivity index (χ4n) is 1.26. The van der Waals surface area contributed by atoms with E-state index in [0.29, 0.717) is 10.9 Å². The Morgan fingerprint density at radius 1 is 1.44 bits per heavy atom. The molecule has 0 aliphatic rings. The summed E-state index contributed by atoms with van der Waals surface area (Å²) in [7, 11) is 0. The zero-order valence-electron chi connectivity index (χ0n) is 9.88. The lowest BCUT2D eigenvalue weighted by molar-refractivity contribution is 0.102. The number of rotatable bonds is 5. The molecule has 2 N–H and O–H groups in total. The number of anilines is 2. The molecule has 18 heavy (non-hydrogen) atoms. The predicted molar refractivity (Wildman–Crippen MR) is 70.9 cm³/mol. The quantitative estimate of drug-likeness (QED) is 0.862. The van der Waals surface area contributed by atoms with E-state index in [-0.39, 0.29) is 11.6 Å². The number of hydrogen-bond acceptors (Lipinski definition) is 6. The Morgan fingerprint density at radius 2 is 2.33 bits per heavy atom. The SMILES string of the molecule is CCCNc1cncc(C(=O)Nc2nccs2)n1. The van der Waals surface area contributed by atoms with Gasteiger partial charge in [0.05, 0.1) is 12.4 Å².